The summed E-state index contributed by atoms with van der Waals surface area (Å²) in [7, 11) is 8.52. The molecule has 0 amide bonds. The molecule has 0 bridgehead atoms. The van der Waals surface area contributed by atoms with Crippen LogP contribution < -0.4 is 15.9 Å². The van der Waals surface area contributed by atoms with E-state index in [0.29, 0.717) is 5.75 Å². The first-order chi connectivity index (χ1) is 18.5. The van der Waals surface area contributed by atoms with Gasteiger partial charge in [-0.25, -0.2) is 0 Å². The molecule has 0 saturated carbocycles. The van der Waals surface area contributed by atoms with E-state index < -0.39 is 25.0 Å². The first-order valence-electron chi connectivity index (χ1n) is 12.9. The molecule has 2 nitrogen and oxygen atoms in total. The zero-order chi connectivity index (χ0) is 28.6. The minimum absolute atomic E-state index is 0.0367. The van der Waals surface area contributed by atoms with Gasteiger partial charge in [-0.15, -0.1) is 0 Å². The normalized spacial score (nSPS) is 11.8. The zero-order valence-corrected chi connectivity index (χ0v) is 27.5. The van der Waals surface area contributed by atoms with Crippen molar-refractivity contribution in [3.05, 3.63) is 114 Å². The Hall–Kier alpha value is -1.93. The predicted octanol–water partition coefficient (Wildman–Crippen LogP) is 8.60. The van der Waals surface area contributed by atoms with Crippen LogP contribution in [0.25, 0.3) is 0 Å². The molecule has 202 valence electrons. The minimum atomic E-state index is -1.26. The molecule has 0 aromatic heterocycles. The summed E-state index contributed by atoms with van der Waals surface area (Å²) in [5.41, 5.74) is 3.63. The van der Waals surface area contributed by atoms with Gasteiger partial charge in [0, 0.05) is 17.3 Å². The fourth-order valence-electron chi connectivity index (χ4n) is 4.38. The van der Waals surface area contributed by atoms with Crippen molar-refractivity contribution in [2.24, 2.45) is 4.99 Å². The predicted molar refractivity (Wildman–Crippen MR) is 171 cm³/mol. The molecule has 4 aromatic rings. The van der Waals surface area contributed by atoms with Crippen molar-refractivity contribution in [3.63, 3.8) is 0 Å². The van der Waals surface area contributed by atoms with Gasteiger partial charge >= 0.3 is 35.6 Å². The van der Waals surface area contributed by atoms with E-state index in [9.17, 15) is 5.11 Å². The molecule has 0 unspecified atom stereocenters. The fourth-order valence-corrected chi connectivity index (χ4v) is 7.06. The number of phenolic OH excluding ortho intramolecular Hbond substituents is 1. The molecule has 0 heterocycles. The molecule has 0 spiro atoms. The van der Waals surface area contributed by atoms with E-state index in [0.717, 1.165) is 16.8 Å². The summed E-state index contributed by atoms with van der Waals surface area (Å²) in [4.78, 5) is 5.00. The van der Waals surface area contributed by atoms with Gasteiger partial charge in [0.25, 0.3) is 0 Å². The Balaban J connectivity index is 0.00000134. The van der Waals surface area contributed by atoms with E-state index in [2.05, 4.69) is 133 Å². The van der Waals surface area contributed by atoms with E-state index in [1.165, 1.54) is 21.5 Å². The molecule has 0 aliphatic carbocycles. The molecular weight excluding hydrogens is 576 g/mol. The molecule has 0 fully saturated rings. The Bertz CT molecular complexity index is 1340. The SMILES string of the molecule is CC(C)(C)c1cc(C=Nc2ccccc2[PH+](c2ccccc2)c2ccccc2)c(O)c(C(C)(C)C)c1.[Cl][Ti][Cl]. The third-order valence-corrected chi connectivity index (χ3v) is 9.24. The molecule has 4 rings (SSSR count). The summed E-state index contributed by atoms with van der Waals surface area (Å²) < 4.78 is 0. The molecule has 0 atom stereocenters. The summed E-state index contributed by atoms with van der Waals surface area (Å²) in [6, 6.07) is 34.1. The standard InChI is InChI=1S/C33H36NOP.2ClH.Ti/c1-32(2,3)25-21-24(31(35)28(22-25)33(4,5)6)23-34-29-19-13-14-20-30(29)36(26-15-9-7-10-16-26)27-17-11-8-12-18-27;;;/h7-23,35H,1-6H3;2*1H;/q;;;+2/p-1. The van der Waals surface area contributed by atoms with E-state index in [4.69, 9.17) is 23.6 Å². The second-order valence-electron chi connectivity index (χ2n) is 11.4. The van der Waals surface area contributed by atoms with Crippen LogP contribution in [0.1, 0.15) is 58.2 Å². The van der Waals surface area contributed by atoms with Crippen molar-refractivity contribution in [1.29, 1.82) is 0 Å². The fraction of sp³-hybridized carbons (Fsp3) is 0.242. The molecule has 0 aliphatic heterocycles. The second kappa shape index (κ2) is 14.1. The average Bonchev–Trinajstić information content (AvgIpc) is 2.89. The number of aliphatic imine (C=N–C) groups is 1. The van der Waals surface area contributed by atoms with Crippen LogP contribution in [0.15, 0.2) is 102 Å². The van der Waals surface area contributed by atoms with Crippen LogP contribution in [-0.2, 0) is 27.9 Å². The van der Waals surface area contributed by atoms with Gasteiger partial charge in [-0.1, -0.05) is 96.1 Å². The number of phenols is 1. The number of halogens is 2. The van der Waals surface area contributed by atoms with Gasteiger partial charge in [0.2, 0.25) is 0 Å². The topological polar surface area (TPSA) is 32.6 Å². The average molecular weight is 613 g/mol. The van der Waals surface area contributed by atoms with Crippen LogP contribution in [0.2, 0.25) is 0 Å². The molecule has 39 heavy (non-hydrogen) atoms. The van der Waals surface area contributed by atoms with Gasteiger partial charge in [-0.05, 0) is 58.9 Å². The quantitative estimate of drug-likeness (QED) is 0.137. The molecule has 0 saturated heterocycles. The summed E-state index contributed by atoms with van der Waals surface area (Å²) in [5.74, 6) is 0.313. The van der Waals surface area contributed by atoms with Crippen molar-refractivity contribution >= 4 is 54.3 Å². The second-order valence-corrected chi connectivity index (χ2v) is 16.4. The van der Waals surface area contributed by atoms with Crippen LogP contribution in [-0.4, -0.2) is 11.3 Å². The van der Waals surface area contributed by atoms with Crippen LogP contribution in [0.3, 0.4) is 0 Å². The first kappa shape index (κ1) is 31.6. The Morgan fingerprint density at radius 3 is 1.69 bits per heavy atom. The Morgan fingerprint density at radius 1 is 0.718 bits per heavy atom. The Kier molecular flexibility index (Phi) is 11.4. The number of nitrogens with zero attached hydrogens (tertiary/aromatic N) is 1. The summed E-state index contributed by atoms with van der Waals surface area (Å²) >= 11 is -0.556. The number of hydrogen-bond acceptors (Lipinski definition) is 2. The summed E-state index contributed by atoms with van der Waals surface area (Å²) in [6.45, 7) is 13.0. The van der Waals surface area contributed by atoms with Crippen LogP contribution >= 0.6 is 26.5 Å². The third kappa shape index (κ3) is 8.53. The summed E-state index contributed by atoms with van der Waals surface area (Å²) in [5, 5.41) is 15.1. The van der Waals surface area contributed by atoms with Crippen LogP contribution in [0, 0.1) is 0 Å². The molecule has 4 aromatic carbocycles. The van der Waals surface area contributed by atoms with Crippen molar-refractivity contribution in [2.75, 3.05) is 0 Å². The van der Waals surface area contributed by atoms with Gasteiger partial charge in [0.15, 0.2) is 0 Å². The summed E-state index contributed by atoms with van der Waals surface area (Å²) in [6.07, 6.45) is 1.84. The molecule has 1 N–H and O–H groups in total. The Labute approximate surface area is 251 Å². The van der Waals surface area contributed by atoms with Gasteiger partial charge < -0.3 is 5.11 Å². The number of benzene rings is 4. The Morgan fingerprint density at radius 2 is 1.21 bits per heavy atom. The maximum absolute atomic E-state index is 11.2. The van der Waals surface area contributed by atoms with Crippen molar-refractivity contribution < 1.29 is 22.1 Å². The van der Waals surface area contributed by atoms with Crippen LogP contribution in [0.4, 0.5) is 5.69 Å². The molecule has 6 heteroatoms. The zero-order valence-electron chi connectivity index (χ0n) is 23.5. The number of rotatable bonds is 5. The van der Waals surface area contributed by atoms with Gasteiger partial charge in [0.1, 0.15) is 35.3 Å². The van der Waals surface area contributed by atoms with E-state index in [-0.39, 0.29) is 10.8 Å². The first-order valence-corrected chi connectivity index (χ1v) is 18.7. The van der Waals surface area contributed by atoms with Crippen molar-refractivity contribution in [3.8, 4) is 5.75 Å². The maximum atomic E-state index is 11.2. The van der Waals surface area contributed by atoms with Crippen molar-refractivity contribution in [1.82, 2.24) is 0 Å². The van der Waals surface area contributed by atoms with Gasteiger partial charge in [-0.2, -0.15) is 0 Å². The van der Waals surface area contributed by atoms with Crippen LogP contribution in [0.5, 0.6) is 5.75 Å². The monoisotopic (exact) mass is 612 g/mol. The van der Waals surface area contributed by atoms with Gasteiger partial charge in [0.05, 0.1) is 0 Å². The van der Waals surface area contributed by atoms with E-state index in [1.807, 2.05) is 12.3 Å². The third-order valence-electron chi connectivity index (χ3n) is 6.45. The van der Waals surface area contributed by atoms with E-state index >= 15 is 0 Å². The van der Waals surface area contributed by atoms with Gasteiger partial charge in [-0.3, -0.25) is 4.99 Å². The molecule has 0 radical (unpaired) electrons. The number of aromatic hydroxyl groups is 1. The van der Waals surface area contributed by atoms with E-state index in [1.54, 1.807) is 0 Å². The van der Waals surface area contributed by atoms with Crippen molar-refractivity contribution in [2.45, 2.75) is 52.4 Å². The number of hydrogen-bond donors (Lipinski definition) is 1. The molecule has 0 aliphatic rings. The number of para-hydroxylation sites is 1. The molecular formula is C33H37Cl2NOPTi+.